The molecule has 0 saturated carbocycles. The molecule has 4 nitrogen and oxygen atoms in total. The Morgan fingerprint density at radius 1 is 1.50 bits per heavy atom. The second-order valence-corrected chi connectivity index (χ2v) is 4.72. The van der Waals surface area contributed by atoms with Crippen molar-refractivity contribution in [1.82, 2.24) is 9.97 Å². The molecule has 0 amide bonds. The lowest BCUT2D eigenvalue weighted by atomic mass is 10.2. The fraction of sp³-hybridized carbons (Fsp3) is 0.364. The van der Waals surface area contributed by atoms with Gasteiger partial charge in [-0.2, -0.15) is 0 Å². The van der Waals surface area contributed by atoms with Gasteiger partial charge in [0.2, 0.25) is 0 Å². The Morgan fingerprint density at radius 3 is 3.06 bits per heavy atom. The number of fused-ring (bicyclic) bond motifs is 1. The van der Waals surface area contributed by atoms with E-state index in [1.807, 2.05) is 25.1 Å². The Morgan fingerprint density at radius 2 is 2.31 bits per heavy atom. The van der Waals surface area contributed by atoms with E-state index in [0.29, 0.717) is 5.75 Å². The minimum Gasteiger partial charge on any atom is -0.394 e. The van der Waals surface area contributed by atoms with Crippen LogP contribution >= 0.6 is 11.8 Å². The first-order chi connectivity index (χ1) is 7.69. The third kappa shape index (κ3) is 2.55. The van der Waals surface area contributed by atoms with Crippen LogP contribution in [0.25, 0.3) is 11.0 Å². The van der Waals surface area contributed by atoms with E-state index in [-0.39, 0.29) is 6.61 Å². The smallest absolute Gasteiger partial charge is 0.166 e. The van der Waals surface area contributed by atoms with Gasteiger partial charge in [0, 0.05) is 5.75 Å². The first kappa shape index (κ1) is 11.4. The van der Waals surface area contributed by atoms with Crippen LogP contribution in [0.3, 0.4) is 0 Å². The van der Waals surface area contributed by atoms with Gasteiger partial charge >= 0.3 is 0 Å². The van der Waals surface area contributed by atoms with Gasteiger partial charge in [-0.25, -0.2) is 4.98 Å². The normalized spacial score (nSPS) is 13.2. The highest BCUT2D eigenvalue weighted by Gasteiger charge is 2.07. The molecule has 0 aliphatic heterocycles. The van der Waals surface area contributed by atoms with Crippen LogP contribution in [-0.2, 0) is 0 Å². The summed E-state index contributed by atoms with van der Waals surface area (Å²) in [5.41, 5.74) is 3.11. The van der Waals surface area contributed by atoms with Crippen LogP contribution in [0.1, 0.15) is 5.56 Å². The highest BCUT2D eigenvalue weighted by atomic mass is 32.2. The van der Waals surface area contributed by atoms with Gasteiger partial charge in [-0.05, 0) is 24.6 Å². The number of thioether (sulfide) groups is 1. The summed E-state index contributed by atoms with van der Waals surface area (Å²) in [6.07, 6.45) is -0.694. The lowest BCUT2D eigenvalue weighted by Crippen LogP contribution is -2.14. The molecule has 5 heteroatoms. The number of aromatic amines is 1. The molecule has 1 unspecified atom stereocenters. The number of rotatable bonds is 4. The zero-order valence-corrected chi connectivity index (χ0v) is 9.79. The number of hydrogen-bond donors (Lipinski definition) is 3. The van der Waals surface area contributed by atoms with E-state index >= 15 is 0 Å². The largest absolute Gasteiger partial charge is 0.394 e. The van der Waals surface area contributed by atoms with Gasteiger partial charge < -0.3 is 15.2 Å². The van der Waals surface area contributed by atoms with Crippen LogP contribution in [0.2, 0.25) is 0 Å². The summed E-state index contributed by atoms with van der Waals surface area (Å²) in [4.78, 5) is 7.55. The molecule has 0 aliphatic carbocycles. The number of nitrogens with zero attached hydrogens (tertiary/aromatic N) is 1. The topological polar surface area (TPSA) is 69.1 Å². The number of imidazole rings is 1. The predicted molar refractivity (Wildman–Crippen MR) is 64.6 cm³/mol. The van der Waals surface area contributed by atoms with Gasteiger partial charge in [-0.15, -0.1) is 0 Å². The summed E-state index contributed by atoms with van der Waals surface area (Å²) < 4.78 is 0. The molecular weight excluding hydrogens is 224 g/mol. The monoisotopic (exact) mass is 238 g/mol. The predicted octanol–water partition coefficient (Wildman–Crippen LogP) is 1.32. The quantitative estimate of drug-likeness (QED) is 0.703. The summed E-state index contributed by atoms with van der Waals surface area (Å²) >= 11 is 1.41. The van der Waals surface area contributed by atoms with Gasteiger partial charge in [-0.3, -0.25) is 0 Å². The average molecular weight is 238 g/mol. The average Bonchev–Trinajstić information content (AvgIpc) is 2.67. The van der Waals surface area contributed by atoms with Gasteiger partial charge in [0.25, 0.3) is 0 Å². The van der Waals surface area contributed by atoms with Crippen LogP contribution in [0.4, 0.5) is 0 Å². The molecule has 0 bridgehead atoms. The second-order valence-electron chi connectivity index (χ2n) is 3.71. The third-order valence-corrected chi connectivity index (χ3v) is 3.26. The van der Waals surface area contributed by atoms with E-state index in [2.05, 4.69) is 9.97 Å². The van der Waals surface area contributed by atoms with E-state index in [1.54, 1.807) is 0 Å². The molecule has 1 heterocycles. The summed E-state index contributed by atoms with van der Waals surface area (Å²) in [6, 6.07) is 6.02. The minimum absolute atomic E-state index is 0.216. The zero-order valence-electron chi connectivity index (χ0n) is 8.97. The van der Waals surface area contributed by atoms with Crippen molar-refractivity contribution in [3.63, 3.8) is 0 Å². The Bertz CT molecular complexity index is 484. The van der Waals surface area contributed by atoms with E-state index in [9.17, 15) is 5.11 Å². The lowest BCUT2D eigenvalue weighted by Gasteiger charge is -2.03. The van der Waals surface area contributed by atoms with Gasteiger partial charge in [0.05, 0.1) is 23.7 Å². The van der Waals surface area contributed by atoms with Crippen LogP contribution in [0, 0.1) is 6.92 Å². The van der Waals surface area contributed by atoms with Crippen LogP contribution in [0.5, 0.6) is 0 Å². The first-order valence-electron chi connectivity index (χ1n) is 5.07. The molecule has 86 valence electrons. The SMILES string of the molecule is Cc1ccc2nc(SCC(O)CO)[nH]c2c1. The fourth-order valence-electron chi connectivity index (χ4n) is 1.40. The molecule has 16 heavy (non-hydrogen) atoms. The molecular formula is C11H14N2O2S. The molecule has 2 aromatic rings. The summed E-state index contributed by atoms with van der Waals surface area (Å²) in [7, 11) is 0. The minimum atomic E-state index is -0.694. The van der Waals surface area contributed by atoms with Crippen LogP contribution < -0.4 is 0 Å². The Kier molecular flexibility index (Phi) is 3.48. The number of nitrogens with one attached hydrogen (secondary N) is 1. The molecule has 2 rings (SSSR count). The molecule has 0 radical (unpaired) electrons. The van der Waals surface area contributed by atoms with Crippen molar-refractivity contribution in [3.8, 4) is 0 Å². The number of benzene rings is 1. The van der Waals surface area contributed by atoms with Crippen molar-refractivity contribution in [1.29, 1.82) is 0 Å². The van der Waals surface area contributed by atoms with Crippen molar-refractivity contribution in [3.05, 3.63) is 23.8 Å². The first-order valence-corrected chi connectivity index (χ1v) is 6.05. The number of hydrogen-bond acceptors (Lipinski definition) is 4. The molecule has 1 aromatic heterocycles. The second kappa shape index (κ2) is 4.86. The molecule has 3 N–H and O–H groups in total. The van der Waals surface area contributed by atoms with Crippen LogP contribution in [0.15, 0.2) is 23.4 Å². The van der Waals surface area contributed by atoms with Crippen molar-refractivity contribution >= 4 is 22.8 Å². The summed E-state index contributed by atoms with van der Waals surface area (Å²) in [5.74, 6) is 0.440. The molecule has 0 saturated heterocycles. The van der Waals surface area contributed by atoms with E-state index in [0.717, 1.165) is 16.2 Å². The highest BCUT2D eigenvalue weighted by molar-refractivity contribution is 7.99. The van der Waals surface area contributed by atoms with Crippen molar-refractivity contribution < 1.29 is 10.2 Å². The molecule has 0 fully saturated rings. The number of aliphatic hydroxyl groups is 2. The molecule has 0 aliphatic rings. The fourth-order valence-corrected chi connectivity index (χ4v) is 2.20. The number of aliphatic hydroxyl groups excluding tert-OH is 2. The summed E-state index contributed by atoms with van der Waals surface area (Å²) in [6.45, 7) is 1.81. The maximum atomic E-state index is 9.23. The maximum Gasteiger partial charge on any atom is 0.166 e. The molecule has 1 atom stereocenters. The van der Waals surface area contributed by atoms with Crippen molar-refractivity contribution in [2.75, 3.05) is 12.4 Å². The Labute approximate surface area is 97.7 Å². The van der Waals surface area contributed by atoms with Gasteiger partial charge in [-0.1, -0.05) is 17.8 Å². The van der Waals surface area contributed by atoms with E-state index in [4.69, 9.17) is 5.11 Å². The standard InChI is InChI=1S/C11H14N2O2S/c1-7-2-3-9-10(4-7)13-11(12-9)16-6-8(15)5-14/h2-4,8,14-15H,5-6H2,1H3,(H,12,13). The van der Waals surface area contributed by atoms with E-state index < -0.39 is 6.10 Å². The summed E-state index contributed by atoms with van der Waals surface area (Å²) in [5, 5.41) is 18.7. The molecule has 1 aromatic carbocycles. The van der Waals surface area contributed by atoms with Crippen molar-refractivity contribution in [2.45, 2.75) is 18.2 Å². The highest BCUT2D eigenvalue weighted by Crippen LogP contribution is 2.20. The third-order valence-electron chi connectivity index (χ3n) is 2.24. The van der Waals surface area contributed by atoms with Gasteiger partial charge in [0.1, 0.15) is 0 Å². The van der Waals surface area contributed by atoms with Crippen LogP contribution in [-0.4, -0.2) is 38.6 Å². The molecule has 0 spiro atoms. The van der Waals surface area contributed by atoms with E-state index in [1.165, 1.54) is 17.3 Å². The Hall–Kier alpha value is -1.04. The van der Waals surface area contributed by atoms with Crippen molar-refractivity contribution in [2.24, 2.45) is 0 Å². The number of aromatic nitrogens is 2. The Balaban J connectivity index is 2.13. The number of H-pyrrole nitrogens is 1. The number of aryl methyl sites for hydroxylation is 1. The lowest BCUT2D eigenvalue weighted by molar-refractivity contribution is 0.113. The zero-order chi connectivity index (χ0) is 11.5. The van der Waals surface area contributed by atoms with Gasteiger partial charge in [0.15, 0.2) is 5.16 Å². The maximum absolute atomic E-state index is 9.23.